The standard InChI is InChI=1S/C32H45N3O3.C2H6/c1-23-8-12-27(13-9-23)31(28-14-10-24(2)11-15-28)34-19-20-35(29(22-34)32(4,5)38)30(37)21-26-7-6-17-33(18-16-26)25(3)36;1-2/h8-15,26,29,31,38H,6-7,16-22H2,1-5H3;1-2H3. The summed E-state index contributed by atoms with van der Waals surface area (Å²) in [5.41, 5.74) is 3.87. The minimum Gasteiger partial charge on any atom is -0.388 e. The fourth-order valence-corrected chi connectivity index (χ4v) is 6.10. The van der Waals surface area contributed by atoms with E-state index in [9.17, 15) is 14.7 Å². The van der Waals surface area contributed by atoms with Crippen molar-refractivity contribution in [2.45, 2.75) is 91.8 Å². The Bertz CT molecular complexity index is 1050. The molecule has 6 heteroatoms. The second-order valence-corrected chi connectivity index (χ2v) is 12.0. The zero-order chi connectivity index (χ0) is 29.4. The summed E-state index contributed by atoms with van der Waals surface area (Å²) in [4.78, 5) is 31.7. The molecule has 0 bridgehead atoms. The number of piperazine rings is 1. The van der Waals surface area contributed by atoms with Gasteiger partial charge < -0.3 is 14.9 Å². The molecule has 2 unspecified atom stereocenters. The predicted octanol–water partition coefficient (Wildman–Crippen LogP) is 5.74. The number of hydrogen-bond acceptors (Lipinski definition) is 4. The molecule has 1 N–H and O–H groups in total. The Labute approximate surface area is 242 Å². The molecule has 2 aromatic rings. The predicted molar refractivity (Wildman–Crippen MR) is 163 cm³/mol. The van der Waals surface area contributed by atoms with Crippen LogP contribution in [0.3, 0.4) is 0 Å². The largest absolute Gasteiger partial charge is 0.388 e. The molecular formula is C34H51N3O3. The second-order valence-electron chi connectivity index (χ2n) is 12.0. The third-order valence-electron chi connectivity index (χ3n) is 8.46. The average molecular weight is 550 g/mol. The topological polar surface area (TPSA) is 64.1 Å². The molecular weight excluding hydrogens is 498 g/mol. The molecule has 0 saturated carbocycles. The van der Waals surface area contributed by atoms with Gasteiger partial charge in [0.2, 0.25) is 11.8 Å². The van der Waals surface area contributed by atoms with Crippen LogP contribution in [0.25, 0.3) is 0 Å². The van der Waals surface area contributed by atoms with E-state index >= 15 is 0 Å². The third-order valence-corrected chi connectivity index (χ3v) is 8.46. The maximum Gasteiger partial charge on any atom is 0.223 e. The Kier molecular flexibility index (Phi) is 11.4. The highest BCUT2D eigenvalue weighted by Crippen LogP contribution is 2.34. The number of aliphatic hydroxyl groups is 1. The van der Waals surface area contributed by atoms with Gasteiger partial charge in [0.1, 0.15) is 0 Å². The van der Waals surface area contributed by atoms with Crippen LogP contribution in [0.1, 0.15) is 88.6 Å². The molecule has 0 spiro atoms. The number of nitrogens with zero attached hydrogens (tertiary/aromatic N) is 3. The van der Waals surface area contributed by atoms with Crippen molar-refractivity contribution in [1.82, 2.24) is 14.7 Å². The van der Waals surface area contributed by atoms with Gasteiger partial charge in [-0.05, 0) is 64.0 Å². The van der Waals surface area contributed by atoms with E-state index in [1.807, 2.05) is 37.5 Å². The molecule has 0 aromatic heterocycles. The van der Waals surface area contributed by atoms with Crippen LogP contribution in [-0.2, 0) is 9.59 Å². The SMILES string of the molecule is CC.CC(=O)N1CCCC(CC(=O)N2CCN(C(c3ccc(C)cc3)c3ccc(C)cc3)CC2C(C)(C)O)CC1. The van der Waals surface area contributed by atoms with Crippen molar-refractivity contribution < 1.29 is 14.7 Å². The van der Waals surface area contributed by atoms with Gasteiger partial charge in [0.15, 0.2) is 0 Å². The van der Waals surface area contributed by atoms with Crippen LogP contribution in [0.4, 0.5) is 0 Å². The van der Waals surface area contributed by atoms with E-state index in [-0.39, 0.29) is 29.8 Å². The van der Waals surface area contributed by atoms with E-state index in [0.717, 1.165) is 38.9 Å². The lowest BCUT2D eigenvalue weighted by Gasteiger charge is -2.49. The zero-order valence-corrected chi connectivity index (χ0v) is 25.8. The Balaban J connectivity index is 0.00000216. The first kappa shape index (κ1) is 31.8. The summed E-state index contributed by atoms with van der Waals surface area (Å²) in [6.07, 6.45) is 3.25. The molecule has 220 valence electrons. The maximum absolute atomic E-state index is 13.7. The quantitative estimate of drug-likeness (QED) is 0.499. The lowest BCUT2D eigenvalue weighted by atomic mass is 9.89. The number of carbonyl (C=O) groups excluding carboxylic acids is 2. The number of rotatable bonds is 6. The third kappa shape index (κ3) is 8.17. The highest BCUT2D eigenvalue weighted by Gasteiger charge is 2.41. The highest BCUT2D eigenvalue weighted by molar-refractivity contribution is 5.77. The number of aryl methyl sites for hydroxylation is 2. The van der Waals surface area contributed by atoms with E-state index < -0.39 is 5.60 Å². The van der Waals surface area contributed by atoms with Gasteiger partial charge in [-0.1, -0.05) is 73.5 Å². The summed E-state index contributed by atoms with van der Waals surface area (Å²) >= 11 is 0. The fourth-order valence-electron chi connectivity index (χ4n) is 6.10. The maximum atomic E-state index is 13.7. The van der Waals surface area contributed by atoms with Gasteiger partial charge in [-0.2, -0.15) is 0 Å². The van der Waals surface area contributed by atoms with E-state index in [2.05, 4.69) is 67.3 Å². The average Bonchev–Trinajstić information content (AvgIpc) is 3.17. The molecule has 2 aliphatic heterocycles. The lowest BCUT2D eigenvalue weighted by Crippen LogP contribution is -2.63. The lowest BCUT2D eigenvalue weighted by molar-refractivity contribution is -0.146. The van der Waals surface area contributed by atoms with Gasteiger partial charge in [0.25, 0.3) is 0 Å². The molecule has 2 heterocycles. The summed E-state index contributed by atoms with van der Waals surface area (Å²) in [7, 11) is 0. The number of hydrogen-bond donors (Lipinski definition) is 1. The monoisotopic (exact) mass is 549 g/mol. The molecule has 2 aliphatic rings. The van der Waals surface area contributed by atoms with Gasteiger partial charge in [-0.3, -0.25) is 14.5 Å². The van der Waals surface area contributed by atoms with Crippen molar-refractivity contribution in [2.24, 2.45) is 5.92 Å². The van der Waals surface area contributed by atoms with Gasteiger partial charge in [-0.15, -0.1) is 0 Å². The number of benzene rings is 2. The van der Waals surface area contributed by atoms with Gasteiger partial charge in [0.05, 0.1) is 17.7 Å². The van der Waals surface area contributed by atoms with Crippen molar-refractivity contribution >= 4 is 11.8 Å². The molecule has 2 fully saturated rings. The van der Waals surface area contributed by atoms with E-state index in [4.69, 9.17) is 0 Å². The van der Waals surface area contributed by atoms with Crippen LogP contribution in [0.5, 0.6) is 0 Å². The van der Waals surface area contributed by atoms with E-state index in [0.29, 0.717) is 19.5 Å². The van der Waals surface area contributed by atoms with Crippen LogP contribution >= 0.6 is 0 Å². The Morgan fingerprint density at radius 1 is 0.875 bits per heavy atom. The van der Waals surface area contributed by atoms with Gasteiger partial charge in [-0.25, -0.2) is 0 Å². The first-order chi connectivity index (χ1) is 19.0. The number of carbonyl (C=O) groups is 2. The second kappa shape index (κ2) is 14.3. The molecule has 0 aliphatic carbocycles. The number of likely N-dealkylation sites (tertiary alicyclic amines) is 1. The molecule has 2 amide bonds. The molecule has 4 rings (SSSR count). The summed E-state index contributed by atoms with van der Waals surface area (Å²) in [5, 5.41) is 11.3. The molecule has 2 aromatic carbocycles. The summed E-state index contributed by atoms with van der Waals surface area (Å²) in [5.74, 6) is 0.521. The van der Waals surface area contributed by atoms with Crippen LogP contribution < -0.4 is 0 Å². The summed E-state index contributed by atoms with van der Waals surface area (Å²) in [6.45, 7) is 16.9. The first-order valence-electron chi connectivity index (χ1n) is 15.2. The van der Waals surface area contributed by atoms with Crippen LogP contribution in [-0.4, -0.2) is 76.0 Å². The summed E-state index contributed by atoms with van der Waals surface area (Å²) < 4.78 is 0. The van der Waals surface area contributed by atoms with Gasteiger partial charge in [0, 0.05) is 46.1 Å². The minimum absolute atomic E-state index is 0.0534. The molecule has 6 nitrogen and oxygen atoms in total. The molecule has 0 radical (unpaired) electrons. The van der Waals surface area contributed by atoms with Crippen molar-refractivity contribution in [3.8, 4) is 0 Å². The van der Waals surface area contributed by atoms with Crippen molar-refractivity contribution in [3.05, 3.63) is 70.8 Å². The summed E-state index contributed by atoms with van der Waals surface area (Å²) in [6, 6.07) is 17.2. The Hall–Kier alpha value is -2.70. The van der Waals surface area contributed by atoms with Crippen LogP contribution in [0.15, 0.2) is 48.5 Å². The highest BCUT2D eigenvalue weighted by atomic mass is 16.3. The van der Waals surface area contributed by atoms with Crippen LogP contribution in [0.2, 0.25) is 0 Å². The Morgan fingerprint density at radius 2 is 1.43 bits per heavy atom. The van der Waals surface area contributed by atoms with Crippen molar-refractivity contribution in [3.63, 3.8) is 0 Å². The first-order valence-corrected chi connectivity index (χ1v) is 15.2. The number of amides is 2. The van der Waals surface area contributed by atoms with Gasteiger partial charge >= 0.3 is 0 Å². The fraction of sp³-hybridized carbons (Fsp3) is 0.588. The normalized spacial score (nSPS) is 20.5. The van der Waals surface area contributed by atoms with E-state index in [1.165, 1.54) is 22.3 Å². The molecule has 2 atom stereocenters. The zero-order valence-electron chi connectivity index (χ0n) is 25.8. The smallest absolute Gasteiger partial charge is 0.223 e. The van der Waals surface area contributed by atoms with Crippen molar-refractivity contribution in [1.29, 1.82) is 0 Å². The van der Waals surface area contributed by atoms with Crippen molar-refractivity contribution in [2.75, 3.05) is 32.7 Å². The van der Waals surface area contributed by atoms with Crippen LogP contribution in [0, 0.1) is 19.8 Å². The molecule has 40 heavy (non-hydrogen) atoms. The minimum atomic E-state index is -1.03. The van der Waals surface area contributed by atoms with E-state index in [1.54, 1.807) is 6.92 Å². The Morgan fingerprint density at radius 3 is 1.93 bits per heavy atom. The molecule has 2 saturated heterocycles.